The zero-order valence-electron chi connectivity index (χ0n) is 7.95. The van der Waals surface area contributed by atoms with Crippen LogP contribution in [-0.2, 0) is 6.54 Å². The molecule has 0 unspecified atom stereocenters. The topological polar surface area (TPSA) is 46.3 Å². The van der Waals surface area contributed by atoms with E-state index in [9.17, 15) is 4.79 Å². The van der Waals surface area contributed by atoms with Gasteiger partial charge in [0, 0.05) is 12.1 Å². The van der Waals surface area contributed by atoms with Crippen LogP contribution in [0.5, 0.6) is 0 Å². The van der Waals surface area contributed by atoms with Crippen LogP contribution in [0.15, 0.2) is 24.3 Å². The maximum absolute atomic E-state index is 10.7. The van der Waals surface area contributed by atoms with E-state index in [0.29, 0.717) is 5.56 Å². The molecule has 3 heteroatoms. The highest BCUT2D eigenvalue weighted by molar-refractivity contribution is 5.92. The monoisotopic (exact) mass is 178 g/mol. The first-order chi connectivity index (χ1) is 6.09. The molecule has 1 amide bonds. The van der Waals surface area contributed by atoms with Crippen LogP contribution >= 0.6 is 0 Å². The average molecular weight is 178 g/mol. The number of primary amides is 1. The molecule has 0 fully saturated rings. The molecule has 1 aromatic rings. The quantitative estimate of drug-likeness (QED) is 0.745. The molecule has 0 saturated carbocycles. The van der Waals surface area contributed by atoms with Gasteiger partial charge in [0.15, 0.2) is 0 Å². The number of hydrogen-bond acceptors (Lipinski definition) is 2. The van der Waals surface area contributed by atoms with E-state index in [4.69, 9.17) is 5.73 Å². The van der Waals surface area contributed by atoms with Gasteiger partial charge >= 0.3 is 0 Å². The standard InChI is InChI=1S/C10H14N2O/c1-12(2)7-8-3-5-9(6-4-8)10(11)13/h3-6H,7H2,1-2H3,(H2,11,13). The Morgan fingerprint density at radius 2 is 1.85 bits per heavy atom. The fourth-order valence-electron chi connectivity index (χ4n) is 1.14. The predicted octanol–water partition coefficient (Wildman–Crippen LogP) is 0.847. The number of nitrogens with two attached hydrogens (primary N) is 1. The summed E-state index contributed by atoms with van der Waals surface area (Å²) in [5.41, 5.74) is 6.85. The van der Waals surface area contributed by atoms with Gasteiger partial charge in [-0.1, -0.05) is 12.1 Å². The van der Waals surface area contributed by atoms with Crippen molar-refractivity contribution < 1.29 is 4.79 Å². The first-order valence-corrected chi connectivity index (χ1v) is 4.13. The van der Waals surface area contributed by atoms with E-state index in [1.54, 1.807) is 12.1 Å². The summed E-state index contributed by atoms with van der Waals surface area (Å²) in [5.74, 6) is -0.378. The number of benzene rings is 1. The van der Waals surface area contributed by atoms with Crippen LogP contribution in [0.25, 0.3) is 0 Å². The van der Waals surface area contributed by atoms with E-state index in [0.717, 1.165) is 6.54 Å². The molecule has 0 heterocycles. The summed E-state index contributed by atoms with van der Waals surface area (Å²) in [7, 11) is 4.00. The van der Waals surface area contributed by atoms with E-state index >= 15 is 0 Å². The molecule has 0 atom stereocenters. The number of rotatable bonds is 3. The molecule has 0 aliphatic rings. The van der Waals surface area contributed by atoms with Crippen molar-refractivity contribution in [3.63, 3.8) is 0 Å². The highest BCUT2D eigenvalue weighted by Gasteiger charge is 1.99. The number of carbonyl (C=O) groups is 1. The smallest absolute Gasteiger partial charge is 0.248 e. The zero-order chi connectivity index (χ0) is 9.84. The first-order valence-electron chi connectivity index (χ1n) is 4.13. The molecular weight excluding hydrogens is 164 g/mol. The van der Waals surface area contributed by atoms with Crippen molar-refractivity contribution in [2.24, 2.45) is 5.73 Å². The van der Waals surface area contributed by atoms with Gasteiger partial charge in [-0.15, -0.1) is 0 Å². The summed E-state index contributed by atoms with van der Waals surface area (Å²) in [4.78, 5) is 12.8. The number of carbonyl (C=O) groups excluding carboxylic acids is 1. The number of hydrogen-bond donors (Lipinski definition) is 1. The minimum atomic E-state index is -0.378. The summed E-state index contributed by atoms with van der Waals surface area (Å²) in [6.07, 6.45) is 0. The van der Waals surface area contributed by atoms with Crippen molar-refractivity contribution in [3.8, 4) is 0 Å². The van der Waals surface area contributed by atoms with Crippen LogP contribution in [0.2, 0.25) is 0 Å². The van der Waals surface area contributed by atoms with Gasteiger partial charge < -0.3 is 10.6 Å². The zero-order valence-corrected chi connectivity index (χ0v) is 7.95. The van der Waals surface area contributed by atoms with Crippen molar-refractivity contribution in [1.82, 2.24) is 4.90 Å². The lowest BCUT2D eigenvalue weighted by Crippen LogP contribution is -2.12. The fourth-order valence-corrected chi connectivity index (χ4v) is 1.14. The average Bonchev–Trinajstić information content (AvgIpc) is 2.04. The molecule has 0 aliphatic carbocycles. The summed E-state index contributed by atoms with van der Waals surface area (Å²) in [6.45, 7) is 0.874. The van der Waals surface area contributed by atoms with E-state index in [1.807, 2.05) is 26.2 Å². The van der Waals surface area contributed by atoms with Crippen molar-refractivity contribution in [2.45, 2.75) is 6.54 Å². The van der Waals surface area contributed by atoms with Gasteiger partial charge in [0.2, 0.25) is 5.91 Å². The second-order valence-corrected chi connectivity index (χ2v) is 3.30. The van der Waals surface area contributed by atoms with Crippen molar-refractivity contribution in [2.75, 3.05) is 14.1 Å². The summed E-state index contributed by atoms with van der Waals surface area (Å²) in [5, 5.41) is 0. The molecule has 2 N–H and O–H groups in total. The molecule has 1 rings (SSSR count). The predicted molar refractivity (Wildman–Crippen MR) is 52.4 cm³/mol. The Morgan fingerprint density at radius 1 is 1.31 bits per heavy atom. The van der Waals surface area contributed by atoms with Crippen molar-refractivity contribution in [1.29, 1.82) is 0 Å². The summed E-state index contributed by atoms with van der Waals surface area (Å²) >= 11 is 0. The maximum Gasteiger partial charge on any atom is 0.248 e. The van der Waals surface area contributed by atoms with E-state index in [1.165, 1.54) is 5.56 Å². The van der Waals surface area contributed by atoms with E-state index < -0.39 is 0 Å². The third-order valence-electron chi connectivity index (χ3n) is 1.74. The number of nitrogens with zero attached hydrogens (tertiary/aromatic N) is 1. The van der Waals surface area contributed by atoms with Crippen LogP contribution in [0, 0.1) is 0 Å². The van der Waals surface area contributed by atoms with Gasteiger partial charge in [0.25, 0.3) is 0 Å². The molecule has 1 aromatic carbocycles. The molecule has 70 valence electrons. The van der Waals surface area contributed by atoms with E-state index in [2.05, 4.69) is 4.90 Å². The SMILES string of the molecule is CN(C)Cc1ccc(C(N)=O)cc1. The Labute approximate surface area is 78.2 Å². The molecular formula is C10H14N2O. The lowest BCUT2D eigenvalue weighted by atomic mass is 10.1. The third-order valence-corrected chi connectivity index (χ3v) is 1.74. The van der Waals surface area contributed by atoms with Gasteiger partial charge in [-0.25, -0.2) is 0 Å². The Balaban J connectivity index is 2.75. The molecule has 0 radical (unpaired) electrons. The van der Waals surface area contributed by atoms with Crippen LogP contribution in [0.1, 0.15) is 15.9 Å². The lowest BCUT2D eigenvalue weighted by molar-refractivity contribution is 0.100. The largest absolute Gasteiger partial charge is 0.366 e. The van der Waals surface area contributed by atoms with Gasteiger partial charge in [-0.2, -0.15) is 0 Å². The normalized spacial score (nSPS) is 10.4. The van der Waals surface area contributed by atoms with Crippen molar-refractivity contribution >= 4 is 5.91 Å². The lowest BCUT2D eigenvalue weighted by Gasteiger charge is -2.09. The van der Waals surface area contributed by atoms with Crippen LogP contribution in [-0.4, -0.2) is 24.9 Å². The molecule has 0 saturated heterocycles. The van der Waals surface area contributed by atoms with Gasteiger partial charge in [0.1, 0.15) is 0 Å². The summed E-state index contributed by atoms with van der Waals surface area (Å²) in [6, 6.07) is 7.34. The maximum atomic E-state index is 10.7. The Hall–Kier alpha value is -1.35. The molecule has 0 aromatic heterocycles. The van der Waals surface area contributed by atoms with Crippen LogP contribution in [0.4, 0.5) is 0 Å². The first kappa shape index (κ1) is 9.74. The minimum Gasteiger partial charge on any atom is -0.366 e. The van der Waals surface area contributed by atoms with Gasteiger partial charge in [0.05, 0.1) is 0 Å². The van der Waals surface area contributed by atoms with Crippen molar-refractivity contribution in [3.05, 3.63) is 35.4 Å². The highest BCUT2D eigenvalue weighted by atomic mass is 16.1. The molecule has 3 nitrogen and oxygen atoms in total. The van der Waals surface area contributed by atoms with Crippen LogP contribution < -0.4 is 5.73 Å². The highest BCUT2D eigenvalue weighted by Crippen LogP contribution is 2.05. The molecule has 0 spiro atoms. The van der Waals surface area contributed by atoms with Crippen LogP contribution in [0.3, 0.4) is 0 Å². The Morgan fingerprint density at radius 3 is 2.23 bits per heavy atom. The minimum absolute atomic E-state index is 0.378. The number of amides is 1. The molecule has 0 bridgehead atoms. The molecule has 13 heavy (non-hydrogen) atoms. The molecule has 0 aliphatic heterocycles. The summed E-state index contributed by atoms with van der Waals surface area (Å²) < 4.78 is 0. The third kappa shape index (κ3) is 2.87. The second-order valence-electron chi connectivity index (χ2n) is 3.30. The van der Waals surface area contributed by atoms with E-state index in [-0.39, 0.29) is 5.91 Å². The fraction of sp³-hybridized carbons (Fsp3) is 0.300. The van der Waals surface area contributed by atoms with Gasteiger partial charge in [-0.3, -0.25) is 4.79 Å². The second kappa shape index (κ2) is 4.05. The Bertz CT molecular complexity index is 290. The van der Waals surface area contributed by atoms with Gasteiger partial charge in [-0.05, 0) is 31.8 Å². The Kier molecular flexibility index (Phi) is 3.03.